The number of halogens is 2. The summed E-state index contributed by atoms with van der Waals surface area (Å²) in [5, 5.41) is 4.87. The number of primary amides is 1. The molecule has 5 nitrogen and oxygen atoms in total. The maximum absolute atomic E-state index is 10.8. The van der Waals surface area contributed by atoms with Crippen LogP contribution in [0.3, 0.4) is 0 Å². The zero-order valence-electron chi connectivity index (χ0n) is 13.9. The maximum Gasteiger partial charge on any atom is 0.332 e. The molecule has 0 radical (unpaired) electrons. The summed E-state index contributed by atoms with van der Waals surface area (Å²) in [6, 6.07) is 0.906. The minimum atomic E-state index is -0.741. The van der Waals surface area contributed by atoms with E-state index >= 15 is 0 Å². The van der Waals surface area contributed by atoms with Crippen LogP contribution >= 0.6 is 23.2 Å². The lowest BCUT2D eigenvalue weighted by atomic mass is 10.0. The fourth-order valence-corrected chi connectivity index (χ4v) is 2.65. The van der Waals surface area contributed by atoms with Gasteiger partial charge in [-0.05, 0) is 44.2 Å². The number of hydrogen-bond acceptors (Lipinski definition) is 3. The van der Waals surface area contributed by atoms with E-state index in [4.69, 9.17) is 33.7 Å². The molecule has 1 aromatic rings. The quantitative estimate of drug-likeness (QED) is 0.426. The van der Waals surface area contributed by atoms with Crippen LogP contribution in [0.1, 0.15) is 44.7 Å². The van der Waals surface area contributed by atoms with E-state index in [1.807, 2.05) is 6.92 Å². The summed E-state index contributed by atoms with van der Waals surface area (Å²) in [6.07, 6.45) is 1.99. The summed E-state index contributed by atoms with van der Waals surface area (Å²) in [4.78, 5) is 10.8. The second-order valence-corrected chi connectivity index (χ2v) is 6.54. The number of rotatable bonds is 7. The number of hydrogen-bond donors (Lipinski definition) is 2. The molecule has 0 heterocycles. The van der Waals surface area contributed by atoms with Crippen molar-refractivity contribution >= 4 is 34.9 Å². The Hall–Kier alpha value is -1.46. The summed E-state index contributed by atoms with van der Waals surface area (Å²) >= 11 is 12.5. The molecule has 1 aromatic carbocycles. The smallest absolute Gasteiger partial charge is 0.332 e. The Bertz CT molecular complexity index is 601. The van der Waals surface area contributed by atoms with E-state index in [9.17, 15) is 4.79 Å². The van der Waals surface area contributed by atoms with Crippen LogP contribution in [0.15, 0.2) is 11.2 Å². The van der Waals surface area contributed by atoms with Gasteiger partial charge < -0.3 is 10.5 Å². The van der Waals surface area contributed by atoms with Gasteiger partial charge in [0.05, 0.1) is 17.3 Å². The van der Waals surface area contributed by atoms with Gasteiger partial charge in [-0.25, -0.2) is 10.2 Å². The van der Waals surface area contributed by atoms with Gasteiger partial charge in [-0.1, -0.05) is 37.0 Å². The molecule has 0 atom stereocenters. The largest absolute Gasteiger partial charge is 0.491 e. The summed E-state index contributed by atoms with van der Waals surface area (Å²) in [7, 11) is 0. The lowest BCUT2D eigenvalue weighted by Crippen LogP contribution is -2.25. The zero-order chi connectivity index (χ0) is 17.6. The SMILES string of the molecule is C/C(=N/NC(N)=O)c1c(C)c(Cl)cc(Cl)c1OCCCC(C)C. The lowest BCUT2D eigenvalue weighted by Gasteiger charge is -2.17. The number of carbonyl (C=O) groups excluding carboxylic acids is 1. The zero-order valence-corrected chi connectivity index (χ0v) is 15.4. The van der Waals surface area contributed by atoms with Crippen molar-refractivity contribution in [2.24, 2.45) is 16.8 Å². The predicted molar refractivity (Wildman–Crippen MR) is 95.7 cm³/mol. The third-order valence-corrected chi connectivity index (χ3v) is 3.97. The van der Waals surface area contributed by atoms with Gasteiger partial charge >= 0.3 is 6.03 Å². The molecule has 3 N–H and O–H groups in total. The van der Waals surface area contributed by atoms with E-state index in [0.717, 1.165) is 18.4 Å². The minimum Gasteiger partial charge on any atom is -0.491 e. The number of nitrogens with one attached hydrogen (secondary N) is 1. The highest BCUT2D eigenvalue weighted by molar-refractivity contribution is 6.37. The second kappa shape index (κ2) is 8.99. The fourth-order valence-electron chi connectivity index (χ4n) is 2.13. The molecule has 0 saturated heterocycles. The van der Waals surface area contributed by atoms with Gasteiger partial charge in [0.1, 0.15) is 5.75 Å². The second-order valence-electron chi connectivity index (χ2n) is 5.73. The molecule has 0 aliphatic rings. The number of urea groups is 1. The average molecular weight is 360 g/mol. The third-order valence-electron chi connectivity index (χ3n) is 3.30. The van der Waals surface area contributed by atoms with Gasteiger partial charge in [0.25, 0.3) is 0 Å². The molecular formula is C16H23Cl2N3O2. The van der Waals surface area contributed by atoms with Crippen molar-refractivity contribution in [1.82, 2.24) is 5.43 Å². The first-order valence-electron chi connectivity index (χ1n) is 7.45. The van der Waals surface area contributed by atoms with Gasteiger partial charge in [-0.15, -0.1) is 0 Å². The molecular weight excluding hydrogens is 337 g/mol. The van der Waals surface area contributed by atoms with E-state index in [2.05, 4.69) is 24.4 Å². The number of ether oxygens (including phenoxy) is 1. The molecule has 23 heavy (non-hydrogen) atoms. The van der Waals surface area contributed by atoms with Crippen LogP contribution in [0.2, 0.25) is 10.0 Å². The van der Waals surface area contributed by atoms with Crippen molar-refractivity contribution in [3.8, 4) is 5.75 Å². The number of carbonyl (C=O) groups is 1. The molecule has 0 aliphatic heterocycles. The van der Waals surface area contributed by atoms with Gasteiger partial charge in [0.15, 0.2) is 0 Å². The van der Waals surface area contributed by atoms with Crippen molar-refractivity contribution in [3.05, 3.63) is 27.2 Å². The first-order chi connectivity index (χ1) is 10.7. The highest BCUT2D eigenvalue weighted by Gasteiger charge is 2.18. The van der Waals surface area contributed by atoms with E-state index < -0.39 is 6.03 Å². The molecule has 0 bridgehead atoms. The first kappa shape index (κ1) is 19.6. The Morgan fingerprint density at radius 1 is 1.39 bits per heavy atom. The molecule has 0 aromatic heterocycles. The van der Waals surface area contributed by atoms with Crippen molar-refractivity contribution in [1.29, 1.82) is 0 Å². The van der Waals surface area contributed by atoms with E-state index in [1.165, 1.54) is 0 Å². The Kier molecular flexibility index (Phi) is 7.65. The predicted octanol–water partition coefficient (Wildman–Crippen LogP) is 4.51. The molecule has 0 spiro atoms. The number of nitrogens with zero attached hydrogens (tertiary/aromatic N) is 1. The van der Waals surface area contributed by atoms with Crippen LogP contribution in [0.4, 0.5) is 4.79 Å². The van der Waals surface area contributed by atoms with Crippen LogP contribution < -0.4 is 15.9 Å². The molecule has 0 unspecified atom stereocenters. The highest BCUT2D eigenvalue weighted by atomic mass is 35.5. The number of benzene rings is 1. The Morgan fingerprint density at radius 2 is 2.04 bits per heavy atom. The molecule has 0 fully saturated rings. The fraction of sp³-hybridized carbons (Fsp3) is 0.500. The van der Waals surface area contributed by atoms with E-state index in [0.29, 0.717) is 39.6 Å². The normalized spacial score (nSPS) is 11.7. The van der Waals surface area contributed by atoms with Crippen molar-refractivity contribution in [2.75, 3.05) is 6.61 Å². The summed E-state index contributed by atoms with van der Waals surface area (Å²) in [5.41, 5.74) is 9.21. The standard InChI is InChI=1S/C16H23Cl2N3O2/c1-9(2)6-5-7-23-15-13(18)8-12(17)10(3)14(15)11(4)20-21-16(19)22/h8-9H,5-7H2,1-4H3,(H3,19,21,22)/b20-11-. The van der Waals surface area contributed by atoms with Gasteiger partial charge in [-0.2, -0.15) is 5.10 Å². The minimum absolute atomic E-state index is 0.411. The van der Waals surface area contributed by atoms with Gasteiger partial charge in [0, 0.05) is 10.6 Å². The van der Waals surface area contributed by atoms with Crippen molar-refractivity contribution in [2.45, 2.75) is 40.5 Å². The Labute approximate surface area is 147 Å². The molecule has 0 saturated carbocycles. The van der Waals surface area contributed by atoms with Crippen LogP contribution in [0.5, 0.6) is 5.75 Å². The van der Waals surface area contributed by atoms with Gasteiger partial charge in [-0.3, -0.25) is 0 Å². The number of amides is 2. The highest BCUT2D eigenvalue weighted by Crippen LogP contribution is 2.36. The molecule has 128 valence electrons. The third kappa shape index (κ3) is 5.92. The average Bonchev–Trinajstić information content (AvgIpc) is 2.45. The first-order valence-corrected chi connectivity index (χ1v) is 8.21. The Balaban J connectivity index is 3.10. The Morgan fingerprint density at radius 3 is 2.61 bits per heavy atom. The summed E-state index contributed by atoms with van der Waals surface area (Å²) in [6.45, 7) is 8.45. The van der Waals surface area contributed by atoms with Crippen LogP contribution in [0.25, 0.3) is 0 Å². The van der Waals surface area contributed by atoms with Crippen LogP contribution in [-0.4, -0.2) is 18.3 Å². The van der Waals surface area contributed by atoms with Gasteiger partial charge in [0.2, 0.25) is 0 Å². The van der Waals surface area contributed by atoms with E-state index in [-0.39, 0.29) is 0 Å². The lowest BCUT2D eigenvalue weighted by molar-refractivity contribution is 0.249. The van der Waals surface area contributed by atoms with Crippen LogP contribution in [0, 0.1) is 12.8 Å². The summed E-state index contributed by atoms with van der Waals surface area (Å²) in [5.74, 6) is 1.13. The summed E-state index contributed by atoms with van der Waals surface area (Å²) < 4.78 is 5.87. The molecule has 1 rings (SSSR count). The molecule has 0 aliphatic carbocycles. The molecule has 2 amide bonds. The van der Waals surface area contributed by atoms with E-state index in [1.54, 1.807) is 13.0 Å². The monoisotopic (exact) mass is 359 g/mol. The van der Waals surface area contributed by atoms with Crippen LogP contribution in [-0.2, 0) is 0 Å². The van der Waals surface area contributed by atoms with Crippen molar-refractivity contribution in [3.63, 3.8) is 0 Å². The number of hydrazone groups is 1. The topological polar surface area (TPSA) is 76.7 Å². The van der Waals surface area contributed by atoms with Crippen molar-refractivity contribution < 1.29 is 9.53 Å². The maximum atomic E-state index is 10.8. The number of nitrogens with two attached hydrogens (primary N) is 1. The molecule has 7 heteroatoms.